The van der Waals surface area contributed by atoms with Crippen molar-refractivity contribution in [3.8, 4) is 5.75 Å². The lowest BCUT2D eigenvalue weighted by atomic mass is 9.79. The van der Waals surface area contributed by atoms with Gasteiger partial charge in [-0.2, -0.15) is 0 Å². The Morgan fingerprint density at radius 3 is 2.59 bits per heavy atom. The van der Waals surface area contributed by atoms with Gasteiger partial charge in [0.25, 0.3) is 5.56 Å². The molecule has 3 N–H and O–H groups in total. The number of aromatic nitrogens is 2. The Labute approximate surface area is 219 Å². The van der Waals surface area contributed by atoms with Crippen molar-refractivity contribution >= 4 is 33.2 Å². The quantitative estimate of drug-likeness (QED) is 0.160. The van der Waals surface area contributed by atoms with Gasteiger partial charge in [-0.25, -0.2) is 14.4 Å². The van der Waals surface area contributed by atoms with Crippen molar-refractivity contribution in [3.63, 3.8) is 0 Å². The number of rotatable bonds is 11. The van der Waals surface area contributed by atoms with Crippen LogP contribution in [0, 0.1) is 5.92 Å². The number of nitrogens with one attached hydrogen (secondary N) is 2. The molecule has 2 radical (unpaired) electrons. The van der Waals surface area contributed by atoms with Gasteiger partial charge in [0.05, 0.1) is 23.4 Å². The number of carbonyl (C=O) groups excluding carboxylic acids is 1. The number of aromatic amines is 1. The summed E-state index contributed by atoms with van der Waals surface area (Å²) in [5.74, 6) is -0.548. The van der Waals surface area contributed by atoms with Gasteiger partial charge >= 0.3 is 19.4 Å². The van der Waals surface area contributed by atoms with E-state index in [1.54, 1.807) is 51.1 Å². The lowest BCUT2D eigenvalue weighted by Crippen LogP contribution is -2.45. The highest BCUT2D eigenvalue weighted by atomic mass is 35.5. The molecule has 0 spiro atoms. The highest BCUT2D eigenvalue weighted by Gasteiger charge is 2.53. The molecule has 0 aliphatic carbocycles. The van der Waals surface area contributed by atoms with Crippen molar-refractivity contribution in [2.75, 3.05) is 13.2 Å². The first-order chi connectivity index (χ1) is 17.3. The Kier molecular flexibility index (Phi) is 9.44. The van der Waals surface area contributed by atoms with E-state index in [-0.39, 0.29) is 18.3 Å². The summed E-state index contributed by atoms with van der Waals surface area (Å²) in [6.07, 6.45) is -3.09. The second kappa shape index (κ2) is 12.0. The van der Waals surface area contributed by atoms with E-state index in [4.69, 9.17) is 38.0 Å². The first-order valence-corrected chi connectivity index (χ1v) is 13.3. The molecule has 1 aliphatic heterocycles. The lowest BCUT2D eigenvalue weighted by molar-refractivity contribution is -0.147. The average molecular weight is 556 g/mol. The van der Waals surface area contributed by atoms with Crippen LogP contribution in [0.25, 0.3) is 0 Å². The molecule has 6 atom stereocenters. The van der Waals surface area contributed by atoms with Gasteiger partial charge in [0.15, 0.2) is 6.23 Å². The lowest BCUT2D eigenvalue weighted by Gasteiger charge is -2.27. The molecular formula is C22H28BClN3O9P. The van der Waals surface area contributed by atoms with E-state index in [1.807, 2.05) is 4.98 Å². The smallest absolute Gasteiger partial charge is 0.459 e. The van der Waals surface area contributed by atoms with Crippen molar-refractivity contribution in [2.24, 2.45) is 5.92 Å². The van der Waals surface area contributed by atoms with Crippen LogP contribution in [-0.4, -0.2) is 64.7 Å². The Morgan fingerprint density at radius 1 is 1.30 bits per heavy atom. The SMILES string of the molecule is [B][C@]1(Cl)[C@H](O)[C@@H](CO[P@](=O)(N[C@@H](C)COC(=O)C(C)C)Oc2ccccc2)O[C@H]1n1ccc(=O)[nH]c1=O. The van der Waals surface area contributed by atoms with Gasteiger partial charge in [0.2, 0.25) is 0 Å². The molecule has 0 bridgehead atoms. The maximum Gasteiger partial charge on any atom is 0.459 e. The first-order valence-electron chi connectivity index (χ1n) is 11.4. The first kappa shape index (κ1) is 29.2. The summed E-state index contributed by atoms with van der Waals surface area (Å²) < 4.78 is 34.6. The Hall–Kier alpha value is -2.41. The zero-order chi connectivity index (χ0) is 27.4. The molecule has 37 heavy (non-hydrogen) atoms. The van der Waals surface area contributed by atoms with Crippen LogP contribution in [0.4, 0.5) is 0 Å². The summed E-state index contributed by atoms with van der Waals surface area (Å²) in [6.45, 7) is 4.35. The second-order valence-corrected chi connectivity index (χ2v) is 11.2. The molecule has 1 aromatic carbocycles. The third-order valence-corrected chi connectivity index (χ3v) is 7.40. The molecule has 0 amide bonds. The number of benzene rings is 1. The molecule has 1 aromatic heterocycles. The number of alkyl halides is 1. The number of nitrogens with zero attached hydrogens (tertiary/aromatic N) is 1. The van der Waals surface area contributed by atoms with Crippen LogP contribution in [0.5, 0.6) is 5.75 Å². The van der Waals surface area contributed by atoms with Crippen molar-refractivity contribution < 1.29 is 33.0 Å². The fourth-order valence-electron chi connectivity index (χ4n) is 3.36. The maximum absolute atomic E-state index is 13.6. The number of hydrogen-bond acceptors (Lipinski definition) is 9. The maximum atomic E-state index is 13.6. The van der Waals surface area contributed by atoms with Crippen LogP contribution in [0.1, 0.15) is 27.0 Å². The Balaban J connectivity index is 1.75. The summed E-state index contributed by atoms with van der Waals surface area (Å²) in [5, 5.41) is 13.4. The van der Waals surface area contributed by atoms with Gasteiger partial charge < -0.3 is 19.1 Å². The number of ether oxygens (including phenoxy) is 2. The average Bonchev–Trinajstić information content (AvgIpc) is 3.05. The number of H-pyrrole nitrogens is 1. The number of aliphatic hydroxyl groups excluding tert-OH is 1. The van der Waals surface area contributed by atoms with Gasteiger partial charge in [0, 0.05) is 18.3 Å². The predicted octanol–water partition coefficient (Wildman–Crippen LogP) is 1.28. The number of esters is 1. The molecule has 1 saturated heterocycles. The molecule has 3 rings (SSSR count). The van der Waals surface area contributed by atoms with Crippen LogP contribution >= 0.6 is 19.3 Å². The van der Waals surface area contributed by atoms with Gasteiger partial charge in [-0.1, -0.05) is 32.0 Å². The van der Waals surface area contributed by atoms with E-state index in [1.165, 1.54) is 0 Å². The zero-order valence-corrected chi connectivity index (χ0v) is 22.1. The highest BCUT2D eigenvalue weighted by Crippen LogP contribution is 2.47. The molecule has 0 saturated carbocycles. The third kappa shape index (κ3) is 7.34. The van der Waals surface area contributed by atoms with Gasteiger partial charge in [-0.3, -0.25) is 23.7 Å². The molecule has 15 heteroatoms. The molecule has 1 fully saturated rings. The van der Waals surface area contributed by atoms with E-state index in [2.05, 4.69) is 5.09 Å². The van der Waals surface area contributed by atoms with E-state index in [9.17, 15) is 24.1 Å². The number of carbonyl (C=O) groups is 1. The van der Waals surface area contributed by atoms with Crippen molar-refractivity contribution in [3.05, 3.63) is 63.4 Å². The van der Waals surface area contributed by atoms with Gasteiger partial charge in [0.1, 0.15) is 26.3 Å². The van der Waals surface area contributed by atoms with Crippen LogP contribution < -0.4 is 20.9 Å². The molecule has 2 aromatic rings. The fourth-order valence-corrected chi connectivity index (χ4v) is 5.19. The van der Waals surface area contributed by atoms with Crippen molar-refractivity contribution in [1.29, 1.82) is 0 Å². The standard InChI is InChI=1S/C22H28BClN3O9P/c1-13(2)19(30)33-11-14(3)26-37(32,36-15-7-5-4-6-8-15)34-12-16-18(29)22(23,24)20(35-16)27-10-9-17(28)25-21(27)31/h4-10,13-14,16,18,20,29H,11-12H2,1-3H3,(H,26,32)(H,25,28,31)/t14-,16+,18+,20+,22-,37+/m0/s1. The predicted molar refractivity (Wildman–Crippen MR) is 135 cm³/mol. The topological polar surface area (TPSA) is 158 Å². The second-order valence-electron chi connectivity index (χ2n) is 8.83. The minimum absolute atomic E-state index is 0.115. The largest absolute Gasteiger partial charge is 0.464 e. The minimum atomic E-state index is -4.14. The zero-order valence-electron chi connectivity index (χ0n) is 20.4. The monoisotopic (exact) mass is 555 g/mol. The van der Waals surface area contributed by atoms with Gasteiger partial charge in [-0.15, -0.1) is 11.6 Å². The summed E-state index contributed by atoms with van der Waals surface area (Å²) in [4.78, 5) is 37.5. The minimum Gasteiger partial charge on any atom is -0.464 e. The Bertz CT molecular complexity index is 1240. The van der Waals surface area contributed by atoms with Gasteiger partial charge in [-0.05, 0) is 19.1 Å². The number of aliphatic hydroxyl groups is 1. The Morgan fingerprint density at radius 2 is 1.97 bits per heavy atom. The normalized spacial score (nSPS) is 25.9. The van der Waals surface area contributed by atoms with Crippen LogP contribution in [0.2, 0.25) is 0 Å². The van der Waals surface area contributed by atoms with Crippen molar-refractivity contribution in [2.45, 2.75) is 50.0 Å². The molecule has 12 nitrogen and oxygen atoms in total. The van der Waals surface area contributed by atoms with Crippen LogP contribution in [0.15, 0.2) is 52.2 Å². The van der Waals surface area contributed by atoms with Crippen LogP contribution in [-0.2, 0) is 23.4 Å². The van der Waals surface area contributed by atoms with E-state index in [0.29, 0.717) is 0 Å². The number of hydrogen-bond donors (Lipinski definition) is 3. The number of halogens is 1. The number of para-hydroxylation sites is 1. The summed E-state index contributed by atoms with van der Waals surface area (Å²) in [7, 11) is 1.91. The molecule has 2 heterocycles. The molecule has 1 aliphatic rings. The molecule has 0 unspecified atom stereocenters. The fraction of sp³-hybridized carbons (Fsp3) is 0.500. The van der Waals surface area contributed by atoms with E-state index in [0.717, 1.165) is 16.8 Å². The summed E-state index contributed by atoms with van der Waals surface area (Å²) >= 11 is 6.32. The van der Waals surface area contributed by atoms with Crippen LogP contribution in [0.3, 0.4) is 0 Å². The van der Waals surface area contributed by atoms with E-state index < -0.39 is 60.8 Å². The van der Waals surface area contributed by atoms with E-state index >= 15 is 0 Å². The van der Waals surface area contributed by atoms with Crippen molar-refractivity contribution in [1.82, 2.24) is 14.6 Å². The highest BCUT2D eigenvalue weighted by molar-refractivity contribution is 7.52. The third-order valence-electron chi connectivity index (χ3n) is 5.29. The summed E-state index contributed by atoms with van der Waals surface area (Å²) in [5.41, 5.74) is -1.50. The molecule has 200 valence electrons. The summed E-state index contributed by atoms with van der Waals surface area (Å²) in [6, 6.07) is 8.60. The molecular weight excluding hydrogens is 527 g/mol.